The number of pyridine rings is 1. The Balaban J connectivity index is 1.56. The van der Waals surface area contributed by atoms with Crippen LogP contribution in [0.3, 0.4) is 0 Å². The number of rotatable bonds is 5. The maximum Gasteiger partial charge on any atom is 0.417 e. The summed E-state index contributed by atoms with van der Waals surface area (Å²) in [5, 5.41) is 8.84. The molecule has 31 heavy (non-hydrogen) atoms. The average molecular weight is 455 g/mol. The Kier molecular flexibility index (Phi) is 6.75. The van der Waals surface area contributed by atoms with Crippen molar-refractivity contribution in [1.82, 2.24) is 9.88 Å². The van der Waals surface area contributed by atoms with Crippen LogP contribution >= 0.6 is 11.6 Å². The number of hydrogen-bond donors (Lipinski definition) is 0. The predicted octanol–water partition coefficient (Wildman–Crippen LogP) is 3.36. The summed E-state index contributed by atoms with van der Waals surface area (Å²) in [6.45, 7) is 1.19. The highest BCUT2D eigenvalue weighted by Crippen LogP contribution is 2.34. The minimum absolute atomic E-state index is 0.0918. The minimum Gasteiger partial charge on any atom is -0.493 e. The van der Waals surface area contributed by atoms with Crippen molar-refractivity contribution < 1.29 is 27.4 Å². The van der Waals surface area contributed by atoms with E-state index >= 15 is 0 Å². The molecule has 1 fully saturated rings. The monoisotopic (exact) mass is 454 g/mol. The van der Waals surface area contributed by atoms with E-state index in [9.17, 15) is 18.0 Å². The Morgan fingerprint density at radius 1 is 1.23 bits per heavy atom. The number of piperazine rings is 1. The van der Waals surface area contributed by atoms with E-state index in [1.807, 2.05) is 6.07 Å². The number of aromatic nitrogens is 1. The van der Waals surface area contributed by atoms with Crippen LogP contribution in [-0.4, -0.2) is 55.7 Å². The first-order valence-corrected chi connectivity index (χ1v) is 9.57. The molecule has 1 aliphatic rings. The number of hydrogen-bond acceptors (Lipinski definition) is 6. The van der Waals surface area contributed by atoms with Gasteiger partial charge in [0, 0.05) is 38.4 Å². The number of ether oxygens (including phenoxy) is 2. The second-order valence-electron chi connectivity index (χ2n) is 6.66. The summed E-state index contributed by atoms with van der Waals surface area (Å²) < 4.78 is 49.0. The molecule has 2 aromatic rings. The Morgan fingerprint density at radius 2 is 1.94 bits per heavy atom. The number of alkyl halides is 3. The van der Waals surface area contributed by atoms with Crippen LogP contribution in [0.1, 0.15) is 11.1 Å². The summed E-state index contributed by atoms with van der Waals surface area (Å²) in [5.41, 5.74) is -0.507. The fraction of sp³-hybridized carbons (Fsp3) is 0.350. The van der Waals surface area contributed by atoms with Gasteiger partial charge in [-0.2, -0.15) is 18.4 Å². The first-order valence-electron chi connectivity index (χ1n) is 9.19. The van der Waals surface area contributed by atoms with Gasteiger partial charge in [-0.3, -0.25) is 4.79 Å². The molecule has 0 bridgehead atoms. The van der Waals surface area contributed by atoms with Crippen LogP contribution in [-0.2, 0) is 11.0 Å². The predicted molar refractivity (Wildman–Crippen MR) is 106 cm³/mol. The van der Waals surface area contributed by atoms with Gasteiger partial charge in [-0.15, -0.1) is 0 Å². The van der Waals surface area contributed by atoms with E-state index < -0.39 is 11.7 Å². The van der Waals surface area contributed by atoms with Crippen LogP contribution in [0.4, 0.5) is 19.0 Å². The molecule has 0 unspecified atom stereocenters. The Labute approximate surface area is 181 Å². The van der Waals surface area contributed by atoms with E-state index in [2.05, 4.69) is 4.98 Å². The molecule has 0 N–H and O–H groups in total. The molecule has 0 spiro atoms. The van der Waals surface area contributed by atoms with Crippen molar-refractivity contribution >= 4 is 23.3 Å². The third kappa shape index (κ3) is 5.30. The van der Waals surface area contributed by atoms with Crippen molar-refractivity contribution in [3.63, 3.8) is 0 Å². The summed E-state index contributed by atoms with van der Waals surface area (Å²) in [5.74, 6) is 0.687. The molecule has 0 aliphatic carbocycles. The lowest BCUT2D eigenvalue weighted by Gasteiger charge is -2.35. The smallest absolute Gasteiger partial charge is 0.417 e. The fourth-order valence-corrected chi connectivity index (χ4v) is 3.36. The molecule has 1 saturated heterocycles. The summed E-state index contributed by atoms with van der Waals surface area (Å²) in [6, 6.07) is 7.47. The van der Waals surface area contributed by atoms with Crippen LogP contribution in [0.25, 0.3) is 0 Å². The van der Waals surface area contributed by atoms with Gasteiger partial charge >= 0.3 is 6.18 Å². The Morgan fingerprint density at radius 3 is 2.52 bits per heavy atom. The molecule has 3 rings (SSSR count). The van der Waals surface area contributed by atoms with Crippen LogP contribution in [0.5, 0.6) is 11.5 Å². The van der Waals surface area contributed by atoms with Crippen LogP contribution in [0.15, 0.2) is 30.5 Å². The molecule has 1 aromatic carbocycles. The summed E-state index contributed by atoms with van der Waals surface area (Å²) >= 11 is 6.00. The van der Waals surface area contributed by atoms with Crippen molar-refractivity contribution in [2.24, 2.45) is 0 Å². The topological polar surface area (TPSA) is 78.7 Å². The third-order valence-electron chi connectivity index (χ3n) is 4.72. The maximum atomic E-state index is 12.8. The molecule has 0 atom stereocenters. The second kappa shape index (κ2) is 9.31. The van der Waals surface area contributed by atoms with Crippen LogP contribution in [0.2, 0.25) is 5.02 Å². The van der Waals surface area contributed by atoms with E-state index in [0.717, 1.165) is 12.3 Å². The molecule has 11 heteroatoms. The maximum absolute atomic E-state index is 12.8. The summed E-state index contributed by atoms with van der Waals surface area (Å²) in [6.07, 6.45) is -3.77. The number of anilines is 1. The molecule has 164 valence electrons. The van der Waals surface area contributed by atoms with Crippen molar-refractivity contribution in [2.75, 3.05) is 44.8 Å². The highest BCUT2D eigenvalue weighted by atomic mass is 35.5. The number of halogens is 4. The number of benzene rings is 1. The van der Waals surface area contributed by atoms with Crippen molar-refractivity contribution in [3.05, 3.63) is 46.6 Å². The normalized spacial score (nSPS) is 14.2. The Bertz CT molecular complexity index is 1000. The SMILES string of the molecule is COc1cc(C#N)ccc1OCC(=O)N1CCN(c2ncc(C(F)(F)F)cc2Cl)CC1. The van der Waals surface area contributed by atoms with Crippen molar-refractivity contribution in [2.45, 2.75) is 6.18 Å². The molecule has 0 radical (unpaired) electrons. The quantitative estimate of drug-likeness (QED) is 0.689. The van der Waals surface area contributed by atoms with Gasteiger partial charge in [0.2, 0.25) is 0 Å². The fourth-order valence-electron chi connectivity index (χ4n) is 3.07. The van der Waals surface area contributed by atoms with Crippen molar-refractivity contribution in [1.29, 1.82) is 5.26 Å². The zero-order valence-electron chi connectivity index (χ0n) is 16.4. The molecule has 1 aromatic heterocycles. The lowest BCUT2D eigenvalue weighted by atomic mass is 10.2. The van der Waals surface area contributed by atoms with Gasteiger partial charge in [0.1, 0.15) is 5.82 Å². The number of nitriles is 1. The number of nitrogens with zero attached hydrogens (tertiary/aromatic N) is 4. The highest BCUT2D eigenvalue weighted by molar-refractivity contribution is 6.33. The Hall–Kier alpha value is -3.19. The first kappa shape index (κ1) is 22.5. The van der Waals surface area contributed by atoms with Gasteiger partial charge in [-0.1, -0.05) is 11.6 Å². The zero-order chi connectivity index (χ0) is 22.6. The summed E-state index contributed by atoms with van der Waals surface area (Å²) in [7, 11) is 1.44. The van der Waals surface area contributed by atoms with E-state index in [4.69, 9.17) is 26.3 Å². The van der Waals surface area contributed by atoms with Gasteiger partial charge in [-0.05, 0) is 18.2 Å². The first-order chi connectivity index (χ1) is 14.7. The van der Waals surface area contributed by atoms with Gasteiger partial charge in [0.25, 0.3) is 5.91 Å². The molecule has 7 nitrogen and oxygen atoms in total. The largest absolute Gasteiger partial charge is 0.493 e. The van der Waals surface area contributed by atoms with E-state index in [0.29, 0.717) is 43.2 Å². The minimum atomic E-state index is -4.52. The molecule has 0 saturated carbocycles. The second-order valence-corrected chi connectivity index (χ2v) is 7.07. The molecular weight excluding hydrogens is 437 g/mol. The molecule has 1 aliphatic heterocycles. The molecule has 1 amide bonds. The van der Waals surface area contributed by atoms with E-state index in [1.165, 1.54) is 13.2 Å². The zero-order valence-corrected chi connectivity index (χ0v) is 17.2. The molecule has 2 heterocycles. The van der Waals surface area contributed by atoms with E-state index in [1.54, 1.807) is 21.9 Å². The van der Waals surface area contributed by atoms with Crippen molar-refractivity contribution in [3.8, 4) is 17.6 Å². The number of amides is 1. The number of carbonyl (C=O) groups excluding carboxylic acids is 1. The lowest BCUT2D eigenvalue weighted by Crippen LogP contribution is -2.50. The standard InChI is InChI=1S/C20H18ClF3N4O3/c1-30-17-8-13(10-25)2-3-16(17)31-12-18(29)27-4-6-28(7-5-27)19-15(21)9-14(11-26-19)20(22,23)24/h2-3,8-9,11H,4-7,12H2,1H3. The van der Waals surface area contributed by atoms with Gasteiger partial charge < -0.3 is 19.3 Å². The average Bonchev–Trinajstić information content (AvgIpc) is 2.76. The van der Waals surface area contributed by atoms with Crippen LogP contribution < -0.4 is 14.4 Å². The summed E-state index contributed by atoms with van der Waals surface area (Å²) in [4.78, 5) is 19.7. The number of carbonyl (C=O) groups is 1. The van der Waals surface area contributed by atoms with Crippen LogP contribution in [0, 0.1) is 11.3 Å². The lowest BCUT2D eigenvalue weighted by molar-refractivity contribution is -0.138. The van der Waals surface area contributed by atoms with E-state index in [-0.39, 0.29) is 23.4 Å². The van der Waals surface area contributed by atoms with Gasteiger partial charge in [0.05, 0.1) is 29.3 Å². The molecular formula is C20H18ClF3N4O3. The van der Waals surface area contributed by atoms with Gasteiger partial charge in [0.15, 0.2) is 18.1 Å². The number of methoxy groups -OCH3 is 1. The van der Waals surface area contributed by atoms with Gasteiger partial charge in [-0.25, -0.2) is 4.98 Å². The third-order valence-corrected chi connectivity index (χ3v) is 5.00. The highest BCUT2D eigenvalue weighted by Gasteiger charge is 2.32.